The van der Waals surface area contributed by atoms with Crippen LogP contribution >= 0.6 is 23.2 Å². The zero-order valence-electron chi connectivity index (χ0n) is 9.34. The number of aromatic nitrogens is 1. The lowest BCUT2D eigenvalue weighted by Gasteiger charge is -2.15. The van der Waals surface area contributed by atoms with Gasteiger partial charge < -0.3 is 10.6 Å². The summed E-state index contributed by atoms with van der Waals surface area (Å²) in [5.41, 5.74) is 0. The van der Waals surface area contributed by atoms with E-state index in [1.807, 2.05) is 0 Å². The molecule has 0 radical (unpaired) electrons. The molecule has 92 valence electrons. The summed E-state index contributed by atoms with van der Waals surface area (Å²) in [6.07, 6.45) is 3.62. The van der Waals surface area contributed by atoms with Crippen molar-refractivity contribution < 1.29 is 4.79 Å². The maximum absolute atomic E-state index is 11.7. The lowest BCUT2D eigenvalue weighted by atomic mass is 10.3. The van der Waals surface area contributed by atoms with Crippen LogP contribution in [-0.2, 0) is 4.79 Å². The largest absolute Gasteiger partial charge is 0.357 e. The molecule has 1 aliphatic rings. The van der Waals surface area contributed by atoms with Crippen LogP contribution in [0.15, 0.2) is 12.3 Å². The second-order valence-electron chi connectivity index (χ2n) is 4.13. The predicted octanol–water partition coefficient (Wildman–Crippen LogP) is 2.47. The number of hydrogen-bond donors (Lipinski definition) is 2. The van der Waals surface area contributed by atoms with Gasteiger partial charge in [-0.1, -0.05) is 23.2 Å². The molecule has 1 saturated carbocycles. The number of nitrogens with zero attached hydrogens (tertiary/aromatic N) is 1. The highest BCUT2D eigenvalue weighted by atomic mass is 35.5. The first-order valence-electron chi connectivity index (χ1n) is 5.44. The summed E-state index contributed by atoms with van der Waals surface area (Å²) in [5, 5.41) is 6.74. The number of hydrogen-bond acceptors (Lipinski definition) is 3. The van der Waals surface area contributed by atoms with Crippen LogP contribution in [-0.4, -0.2) is 23.0 Å². The number of carbonyl (C=O) groups is 1. The molecule has 0 bridgehead atoms. The molecule has 4 nitrogen and oxygen atoms in total. The van der Waals surface area contributed by atoms with E-state index in [9.17, 15) is 4.79 Å². The van der Waals surface area contributed by atoms with E-state index in [2.05, 4.69) is 15.6 Å². The Morgan fingerprint density at radius 1 is 1.53 bits per heavy atom. The Balaban J connectivity index is 1.96. The molecule has 0 aliphatic heterocycles. The number of carbonyl (C=O) groups excluding carboxylic acids is 1. The van der Waals surface area contributed by atoms with E-state index in [1.54, 1.807) is 13.0 Å². The Bertz CT molecular complexity index is 435. The quantitative estimate of drug-likeness (QED) is 0.886. The molecule has 1 fully saturated rings. The maximum atomic E-state index is 11.7. The third-order valence-corrected chi connectivity index (χ3v) is 2.97. The van der Waals surface area contributed by atoms with E-state index in [0.717, 1.165) is 12.8 Å². The van der Waals surface area contributed by atoms with Crippen LogP contribution in [0.5, 0.6) is 0 Å². The van der Waals surface area contributed by atoms with E-state index in [1.165, 1.54) is 6.20 Å². The average Bonchev–Trinajstić information content (AvgIpc) is 3.06. The number of rotatable bonds is 4. The molecule has 0 aromatic carbocycles. The van der Waals surface area contributed by atoms with Crippen molar-refractivity contribution in [3.05, 3.63) is 22.3 Å². The molecule has 2 N–H and O–H groups in total. The maximum Gasteiger partial charge on any atom is 0.242 e. The van der Waals surface area contributed by atoms with Gasteiger partial charge in [-0.3, -0.25) is 4.79 Å². The Labute approximate surface area is 110 Å². The molecule has 1 aromatic rings. The van der Waals surface area contributed by atoms with Gasteiger partial charge in [0.1, 0.15) is 11.9 Å². The highest BCUT2D eigenvalue weighted by molar-refractivity contribution is 6.36. The fourth-order valence-electron chi connectivity index (χ4n) is 1.35. The van der Waals surface area contributed by atoms with E-state index < -0.39 is 0 Å². The first kappa shape index (κ1) is 12.5. The summed E-state index contributed by atoms with van der Waals surface area (Å²) in [6.45, 7) is 1.77. The molecule has 17 heavy (non-hydrogen) atoms. The van der Waals surface area contributed by atoms with Gasteiger partial charge in [0, 0.05) is 12.2 Å². The summed E-state index contributed by atoms with van der Waals surface area (Å²) in [4.78, 5) is 15.7. The standard InChI is InChI=1S/C11H13Cl2N3O/c1-6(11(17)16-8-2-3-8)15-10-9(13)4-7(12)5-14-10/h4-6,8H,2-3H2,1H3,(H,14,15)(H,16,17). The highest BCUT2D eigenvalue weighted by Crippen LogP contribution is 2.23. The highest BCUT2D eigenvalue weighted by Gasteiger charge is 2.25. The summed E-state index contributed by atoms with van der Waals surface area (Å²) in [5.74, 6) is 0.426. The van der Waals surface area contributed by atoms with Crippen molar-refractivity contribution in [3.8, 4) is 0 Å². The second kappa shape index (κ2) is 5.10. The minimum absolute atomic E-state index is 0.0414. The average molecular weight is 274 g/mol. The number of halogens is 2. The van der Waals surface area contributed by atoms with Crippen molar-refractivity contribution in [2.45, 2.75) is 31.8 Å². The molecule has 2 rings (SSSR count). The molecule has 1 aromatic heterocycles. The molecule has 1 aliphatic carbocycles. The van der Waals surface area contributed by atoms with Gasteiger partial charge in [0.05, 0.1) is 10.0 Å². The summed E-state index contributed by atoms with van der Waals surface area (Å²) < 4.78 is 0. The SMILES string of the molecule is CC(Nc1ncc(Cl)cc1Cl)C(=O)NC1CC1. The summed E-state index contributed by atoms with van der Waals surface area (Å²) in [7, 11) is 0. The zero-order valence-corrected chi connectivity index (χ0v) is 10.8. The third kappa shape index (κ3) is 3.48. The van der Waals surface area contributed by atoms with Crippen LogP contribution in [0.1, 0.15) is 19.8 Å². The first-order valence-corrected chi connectivity index (χ1v) is 6.20. The van der Waals surface area contributed by atoms with E-state index in [4.69, 9.17) is 23.2 Å². The molecule has 0 saturated heterocycles. The van der Waals surface area contributed by atoms with E-state index in [-0.39, 0.29) is 11.9 Å². The topological polar surface area (TPSA) is 54.0 Å². The van der Waals surface area contributed by atoms with Crippen LogP contribution in [0.2, 0.25) is 10.0 Å². The Hall–Kier alpha value is -1.00. The molecular formula is C11H13Cl2N3O. The van der Waals surface area contributed by atoms with Crippen molar-refractivity contribution in [2.75, 3.05) is 5.32 Å². The minimum atomic E-state index is -0.373. The van der Waals surface area contributed by atoms with Gasteiger partial charge in [-0.05, 0) is 25.8 Å². The molecule has 1 unspecified atom stereocenters. The van der Waals surface area contributed by atoms with Crippen LogP contribution in [0, 0.1) is 0 Å². The van der Waals surface area contributed by atoms with Gasteiger partial charge in [0.25, 0.3) is 0 Å². The van der Waals surface area contributed by atoms with Gasteiger partial charge in [0.2, 0.25) is 5.91 Å². The van der Waals surface area contributed by atoms with Crippen LogP contribution < -0.4 is 10.6 Å². The monoisotopic (exact) mass is 273 g/mol. The van der Waals surface area contributed by atoms with E-state index in [0.29, 0.717) is 21.9 Å². The number of pyridine rings is 1. The normalized spacial score (nSPS) is 16.4. The molecule has 1 heterocycles. The molecular weight excluding hydrogens is 261 g/mol. The first-order chi connectivity index (χ1) is 8.06. The van der Waals surface area contributed by atoms with Crippen LogP contribution in [0.4, 0.5) is 5.82 Å². The van der Waals surface area contributed by atoms with Gasteiger partial charge in [-0.2, -0.15) is 0 Å². The fourth-order valence-corrected chi connectivity index (χ4v) is 1.78. The lowest BCUT2D eigenvalue weighted by Crippen LogP contribution is -2.38. The van der Waals surface area contributed by atoms with Gasteiger partial charge in [0.15, 0.2) is 0 Å². The van der Waals surface area contributed by atoms with Gasteiger partial charge in [-0.25, -0.2) is 4.98 Å². The molecule has 1 atom stereocenters. The summed E-state index contributed by atoms with van der Waals surface area (Å²) in [6, 6.07) is 1.56. The van der Waals surface area contributed by atoms with Crippen LogP contribution in [0.25, 0.3) is 0 Å². The Morgan fingerprint density at radius 3 is 2.82 bits per heavy atom. The number of nitrogens with one attached hydrogen (secondary N) is 2. The Morgan fingerprint density at radius 2 is 2.24 bits per heavy atom. The molecule has 1 amide bonds. The number of amides is 1. The zero-order chi connectivity index (χ0) is 12.4. The van der Waals surface area contributed by atoms with Crippen molar-refractivity contribution in [1.82, 2.24) is 10.3 Å². The minimum Gasteiger partial charge on any atom is -0.357 e. The van der Waals surface area contributed by atoms with Crippen molar-refractivity contribution in [3.63, 3.8) is 0 Å². The molecule has 6 heteroatoms. The van der Waals surface area contributed by atoms with Crippen molar-refractivity contribution in [2.24, 2.45) is 0 Å². The predicted molar refractivity (Wildman–Crippen MR) is 68.5 cm³/mol. The van der Waals surface area contributed by atoms with E-state index >= 15 is 0 Å². The van der Waals surface area contributed by atoms with Gasteiger partial charge >= 0.3 is 0 Å². The third-order valence-electron chi connectivity index (χ3n) is 2.48. The fraction of sp³-hybridized carbons (Fsp3) is 0.455. The summed E-state index contributed by atoms with van der Waals surface area (Å²) >= 11 is 11.7. The number of anilines is 1. The van der Waals surface area contributed by atoms with Gasteiger partial charge in [-0.15, -0.1) is 0 Å². The molecule has 0 spiro atoms. The smallest absolute Gasteiger partial charge is 0.242 e. The lowest BCUT2D eigenvalue weighted by molar-refractivity contribution is -0.121. The second-order valence-corrected chi connectivity index (χ2v) is 4.98. The van der Waals surface area contributed by atoms with Crippen molar-refractivity contribution >= 4 is 34.9 Å². The van der Waals surface area contributed by atoms with Crippen LogP contribution in [0.3, 0.4) is 0 Å². The Kier molecular flexibility index (Phi) is 3.74. The van der Waals surface area contributed by atoms with Crippen molar-refractivity contribution in [1.29, 1.82) is 0 Å².